The topological polar surface area (TPSA) is 95.1 Å². The molecule has 1 fully saturated rings. The summed E-state index contributed by atoms with van der Waals surface area (Å²) in [5, 5.41) is 8.61. The Kier molecular flexibility index (Phi) is 4.61. The van der Waals surface area contributed by atoms with Crippen molar-refractivity contribution < 1.29 is 4.79 Å². The summed E-state index contributed by atoms with van der Waals surface area (Å²) in [5.74, 6) is 0.535. The number of nitrogens with zero attached hydrogens (tertiary/aromatic N) is 5. The molecule has 4 rings (SSSR count). The molecule has 3 aromatic rings. The van der Waals surface area contributed by atoms with Crippen LogP contribution < -0.4 is 10.5 Å². The van der Waals surface area contributed by atoms with Crippen LogP contribution in [-0.4, -0.2) is 57.2 Å². The van der Waals surface area contributed by atoms with Crippen molar-refractivity contribution in [2.75, 3.05) is 31.1 Å². The number of aromatic nitrogens is 4. The number of rotatable bonds is 3. The lowest BCUT2D eigenvalue weighted by Gasteiger charge is -2.35. The van der Waals surface area contributed by atoms with Crippen LogP contribution in [0.15, 0.2) is 59.8 Å². The van der Waals surface area contributed by atoms with Gasteiger partial charge in [0.05, 0.1) is 5.69 Å². The van der Waals surface area contributed by atoms with E-state index < -0.39 is 0 Å². The molecular formula is C19H18N6O2. The molecule has 1 amide bonds. The van der Waals surface area contributed by atoms with Crippen LogP contribution in [0.4, 0.5) is 5.82 Å². The Hall–Kier alpha value is -3.55. The molecule has 4 heterocycles. The number of amides is 1. The third-order valence-electron chi connectivity index (χ3n) is 4.57. The quantitative estimate of drug-likeness (QED) is 0.752. The van der Waals surface area contributed by atoms with Crippen molar-refractivity contribution >= 4 is 11.7 Å². The van der Waals surface area contributed by atoms with Crippen molar-refractivity contribution in [3.05, 3.63) is 70.9 Å². The first-order valence-electron chi connectivity index (χ1n) is 8.68. The van der Waals surface area contributed by atoms with Crippen LogP contribution in [0.2, 0.25) is 0 Å². The second-order valence-corrected chi connectivity index (χ2v) is 6.20. The number of nitrogens with one attached hydrogen (secondary N) is 1. The number of piperazine rings is 1. The SMILES string of the molecule is O=C(c1ccc[nH]c1=O)N1CCN(c2ccc(-c3ccncc3)nn2)CC1. The summed E-state index contributed by atoms with van der Waals surface area (Å²) in [7, 11) is 0. The second kappa shape index (κ2) is 7.36. The molecule has 0 atom stereocenters. The van der Waals surface area contributed by atoms with Crippen molar-refractivity contribution in [3.8, 4) is 11.3 Å². The minimum Gasteiger partial charge on any atom is -0.352 e. The molecule has 1 aliphatic heterocycles. The molecule has 8 heteroatoms. The first-order chi connectivity index (χ1) is 13.2. The number of aromatic amines is 1. The van der Waals surface area contributed by atoms with E-state index >= 15 is 0 Å². The molecule has 136 valence electrons. The molecule has 1 saturated heterocycles. The van der Waals surface area contributed by atoms with Gasteiger partial charge in [0.15, 0.2) is 5.82 Å². The number of carbonyl (C=O) groups is 1. The number of hydrogen-bond donors (Lipinski definition) is 1. The van der Waals surface area contributed by atoms with Crippen LogP contribution in [0, 0.1) is 0 Å². The van der Waals surface area contributed by atoms with Crippen LogP contribution in [0.3, 0.4) is 0 Å². The molecule has 0 spiro atoms. The second-order valence-electron chi connectivity index (χ2n) is 6.20. The maximum atomic E-state index is 12.5. The molecule has 0 bridgehead atoms. The Labute approximate surface area is 155 Å². The van der Waals surface area contributed by atoms with Gasteiger partial charge in [-0.3, -0.25) is 14.6 Å². The fraction of sp³-hybridized carbons (Fsp3) is 0.211. The summed E-state index contributed by atoms with van der Waals surface area (Å²) < 4.78 is 0. The van der Waals surface area contributed by atoms with Crippen LogP contribution in [0.1, 0.15) is 10.4 Å². The van der Waals surface area contributed by atoms with E-state index in [4.69, 9.17) is 0 Å². The molecule has 8 nitrogen and oxygen atoms in total. The largest absolute Gasteiger partial charge is 0.352 e. The van der Waals surface area contributed by atoms with Crippen LogP contribution in [0.5, 0.6) is 0 Å². The zero-order chi connectivity index (χ0) is 18.6. The average molecular weight is 362 g/mol. The Morgan fingerprint density at radius 1 is 0.963 bits per heavy atom. The summed E-state index contributed by atoms with van der Waals surface area (Å²) >= 11 is 0. The highest BCUT2D eigenvalue weighted by Crippen LogP contribution is 2.19. The van der Waals surface area contributed by atoms with Gasteiger partial charge in [-0.2, -0.15) is 0 Å². The van der Waals surface area contributed by atoms with Gasteiger partial charge < -0.3 is 14.8 Å². The van der Waals surface area contributed by atoms with E-state index in [1.165, 1.54) is 6.20 Å². The van der Waals surface area contributed by atoms with Crippen LogP contribution in [0.25, 0.3) is 11.3 Å². The van der Waals surface area contributed by atoms with Gasteiger partial charge in [-0.05, 0) is 36.4 Å². The molecular weight excluding hydrogens is 344 g/mol. The Balaban J connectivity index is 1.41. The zero-order valence-corrected chi connectivity index (χ0v) is 14.6. The van der Waals surface area contributed by atoms with Gasteiger partial charge >= 0.3 is 0 Å². The van der Waals surface area contributed by atoms with Crippen molar-refractivity contribution in [1.29, 1.82) is 0 Å². The van der Waals surface area contributed by atoms with E-state index in [-0.39, 0.29) is 17.0 Å². The van der Waals surface area contributed by atoms with E-state index in [2.05, 4.69) is 25.1 Å². The number of pyridine rings is 2. The minimum absolute atomic E-state index is 0.174. The first-order valence-corrected chi connectivity index (χ1v) is 8.68. The summed E-state index contributed by atoms with van der Waals surface area (Å²) in [5.41, 5.74) is 1.57. The predicted molar refractivity (Wildman–Crippen MR) is 100 cm³/mol. The average Bonchev–Trinajstić information content (AvgIpc) is 2.74. The molecule has 3 aromatic heterocycles. The van der Waals surface area contributed by atoms with Crippen molar-refractivity contribution in [2.24, 2.45) is 0 Å². The maximum Gasteiger partial charge on any atom is 0.260 e. The Morgan fingerprint density at radius 3 is 2.41 bits per heavy atom. The van der Waals surface area contributed by atoms with Crippen molar-refractivity contribution in [3.63, 3.8) is 0 Å². The van der Waals surface area contributed by atoms with E-state index in [1.807, 2.05) is 24.3 Å². The molecule has 0 saturated carbocycles. The fourth-order valence-electron chi connectivity index (χ4n) is 3.07. The van der Waals surface area contributed by atoms with Gasteiger partial charge in [0.2, 0.25) is 0 Å². The highest BCUT2D eigenvalue weighted by molar-refractivity contribution is 5.94. The Bertz CT molecular complexity index is 979. The number of anilines is 1. The molecule has 0 aromatic carbocycles. The molecule has 0 unspecified atom stereocenters. The maximum absolute atomic E-state index is 12.5. The summed E-state index contributed by atoms with van der Waals surface area (Å²) in [6, 6.07) is 10.8. The molecule has 0 radical (unpaired) electrons. The van der Waals surface area contributed by atoms with Gasteiger partial charge in [-0.15, -0.1) is 10.2 Å². The summed E-state index contributed by atoms with van der Waals surface area (Å²) in [6.07, 6.45) is 4.96. The summed E-state index contributed by atoms with van der Waals surface area (Å²) in [6.45, 7) is 2.33. The number of carbonyl (C=O) groups excluding carboxylic acids is 1. The predicted octanol–water partition coefficient (Wildman–Crippen LogP) is 1.19. The monoisotopic (exact) mass is 362 g/mol. The highest BCUT2D eigenvalue weighted by atomic mass is 16.2. The van der Waals surface area contributed by atoms with Gasteiger partial charge in [-0.1, -0.05) is 0 Å². The molecule has 27 heavy (non-hydrogen) atoms. The lowest BCUT2D eigenvalue weighted by molar-refractivity contribution is 0.0744. The lowest BCUT2D eigenvalue weighted by atomic mass is 10.2. The lowest BCUT2D eigenvalue weighted by Crippen LogP contribution is -2.49. The van der Waals surface area contributed by atoms with Crippen LogP contribution in [-0.2, 0) is 0 Å². The highest BCUT2D eigenvalue weighted by Gasteiger charge is 2.24. The van der Waals surface area contributed by atoms with E-state index in [1.54, 1.807) is 29.4 Å². The standard InChI is InChI=1S/C19H18N6O2/c26-18-15(2-1-7-21-18)19(27)25-12-10-24(11-13-25)17-4-3-16(22-23-17)14-5-8-20-9-6-14/h1-9H,10-13H2,(H,21,26). The molecule has 1 N–H and O–H groups in total. The van der Waals surface area contributed by atoms with E-state index in [9.17, 15) is 9.59 Å². The number of H-pyrrole nitrogens is 1. The minimum atomic E-state index is -0.359. The summed E-state index contributed by atoms with van der Waals surface area (Å²) in [4.78, 5) is 34.6. The van der Waals surface area contributed by atoms with Gasteiger partial charge in [0, 0.05) is 50.3 Å². The van der Waals surface area contributed by atoms with Gasteiger partial charge in [-0.25, -0.2) is 0 Å². The van der Waals surface area contributed by atoms with Crippen molar-refractivity contribution in [2.45, 2.75) is 0 Å². The third kappa shape index (κ3) is 3.55. The van der Waals surface area contributed by atoms with Gasteiger partial charge in [0.1, 0.15) is 5.56 Å². The number of hydrogen-bond acceptors (Lipinski definition) is 6. The van der Waals surface area contributed by atoms with E-state index in [0.29, 0.717) is 26.2 Å². The molecule has 1 aliphatic rings. The van der Waals surface area contributed by atoms with Gasteiger partial charge in [0.25, 0.3) is 11.5 Å². The first kappa shape index (κ1) is 16.9. The molecule has 0 aliphatic carbocycles. The zero-order valence-electron chi connectivity index (χ0n) is 14.6. The fourth-order valence-corrected chi connectivity index (χ4v) is 3.07. The van der Waals surface area contributed by atoms with Crippen LogP contribution >= 0.6 is 0 Å². The third-order valence-corrected chi connectivity index (χ3v) is 4.57. The van der Waals surface area contributed by atoms with E-state index in [0.717, 1.165) is 17.1 Å². The van der Waals surface area contributed by atoms with Crippen molar-refractivity contribution in [1.82, 2.24) is 25.1 Å². The normalized spacial score (nSPS) is 14.2. The Morgan fingerprint density at radius 2 is 1.74 bits per heavy atom. The smallest absolute Gasteiger partial charge is 0.260 e.